The van der Waals surface area contributed by atoms with Gasteiger partial charge in [0.25, 0.3) is 0 Å². The second kappa shape index (κ2) is 5.17. The molecule has 0 aliphatic carbocycles. The Morgan fingerprint density at radius 2 is 1.86 bits per heavy atom. The molecule has 0 unspecified atom stereocenters. The van der Waals surface area contributed by atoms with Crippen LogP contribution in [-0.4, -0.2) is 16.5 Å². The number of benzene rings is 2. The summed E-state index contributed by atoms with van der Waals surface area (Å²) >= 11 is 0. The number of hydrogen-bond donors (Lipinski definition) is 0. The van der Waals surface area contributed by atoms with Gasteiger partial charge < -0.3 is 4.90 Å². The van der Waals surface area contributed by atoms with Crippen LogP contribution in [0.3, 0.4) is 0 Å². The van der Waals surface area contributed by atoms with E-state index in [0.717, 1.165) is 30.2 Å². The molecule has 0 saturated carbocycles. The minimum atomic E-state index is 0.804. The molecule has 3 aromatic rings. The highest BCUT2D eigenvalue weighted by atomic mass is 15.3. The molecule has 0 atom stereocenters. The number of nitrogens with zero attached hydrogens (tertiary/aromatic N) is 3. The number of rotatable bonds is 2. The van der Waals surface area contributed by atoms with E-state index in [4.69, 9.17) is 4.98 Å². The summed E-state index contributed by atoms with van der Waals surface area (Å²) in [6.07, 6.45) is 4.14. The van der Waals surface area contributed by atoms with E-state index in [1.54, 1.807) is 0 Å². The molecule has 2 aromatic carbocycles. The van der Waals surface area contributed by atoms with Crippen molar-refractivity contribution in [2.24, 2.45) is 0 Å². The maximum atomic E-state index is 4.72. The topological polar surface area (TPSA) is 29.0 Å². The number of aromatic nitrogens is 2. The highest BCUT2D eigenvalue weighted by molar-refractivity contribution is 5.86. The Labute approximate surface area is 124 Å². The van der Waals surface area contributed by atoms with E-state index in [1.165, 1.54) is 17.2 Å². The Hall–Kier alpha value is -2.42. The highest BCUT2D eigenvalue weighted by Gasteiger charge is 2.15. The van der Waals surface area contributed by atoms with Crippen LogP contribution < -0.4 is 4.90 Å². The Balaban J connectivity index is 1.75. The molecule has 103 valence electrons. The van der Waals surface area contributed by atoms with Gasteiger partial charge in [-0.2, -0.15) is 0 Å². The summed E-state index contributed by atoms with van der Waals surface area (Å²) in [5.41, 5.74) is 2.11. The normalized spacial score (nSPS) is 14.8. The third-order valence-corrected chi connectivity index (χ3v) is 3.90. The Morgan fingerprint density at radius 1 is 0.952 bits per heavy atom. The van der Waals surface area contributed by atoms with Crippen LogP contribution >= 0.6 is 0 Å². The van der Waals surface area contributed by atoms with Gasteiger partial charge in [-0.3, -0.25) is 0 Å². The first-order valence-electron chi connectivity index (χ1n) is 7.32. The lowest BCUT2D eigenvalue weighted by atomic mass is 10.1. The molecule has 1 radical (unpaired) electrons. The molecule has 1 aromatic heterocycles. The van der Waals surface area contributed by atoms with Crippen molar-refractivity contribution in [1.82, 2.24) is 9.97 Å². The molecule has 1 aliphatic heterocycles. The zero-order valence-corrected chi connectivity index (χ0v) is 11.7. The average molecular weight is 274 g/mol. The van der Waals surface area contributed by atoms with Crippen LogP contribution in [0.4, 0.5) is 5.95 Å². The lowest BCUT2D eigenvalue weighted by Crippen LogP contribution is -2.16. The first-order valence-corrected chi connectivity index (χ1v) is 7.32. The highest BCUT2D eigenvalue weighted by Crippen LogP contribution is 2.25. The summed E-state index contributed by atoms with van der Waals surface area (Å²) in [6.45, 7) is 3.20. The zero-order valence-electron chi connectivity index (χ0n) is 11.7. The molecule has 3 heteroatoms. The van der Waals surface area contributed by atoms with Crippen LogP contribution in [0.15, 0.2) is 54.7 Å². The molecule has 1 saturated heterocycles. The van der Waals surface area contributed by atoms with E-state index >= 15 is 0 Å². The SMILES string of the molecule is [CH]1CCCN1c1nccc(-c2ccc3ccccc3c2)n1. The summed E-state index contributed by atoms with van der Waals surface area (Å²) in [5, 5.41) is 2.49. The lowest BCUT2D eigenvalue weighted by Gasteiger charge is -2.15. The van der Waals surface area contributed by atoms with Gasteiger partial charge in [0.05, 0.1) is 12.2 Å². The van der Waals surface area contributed by atoms with E-state index in [1.807, 2.05) is 12.3 Å². The first-order chi connectivity index (χ1) is 10.4. The molecule has 21 heavy (non-hydrogen) atoms. The molecular formula is C18H16N3. The van der Waals surface area contributed by atoms with Crippen LogP contribution in [-0.2, 0) is 0 Å². The molecule has 4 rings (SSSR count). The van der Waals surface area contributed by atoms with Crippen LogP contribution in [0.5, 0.6) is 0 Å². The Bertz CT molecular complexity index is 776. The maximum Gasteiger partial charge on any atom is 0.226 e. The maximum absolute atomic E-state index is 4.72. The van der Waals surface area contributed by atoms with Gasteiger partial charge in [0.2, 0.25) is 5.95 Å². The van der Waals surface area contributed by atoms with E-state index < -0.39 is 0 Å². The van der Waals surface area contributed by atoms with Gasteiger partial charge in [-0.05, 0) is 35.7 Å². The van der Waals surface area contributed by atoms with Crippen molar-refractivity contribution in [2.75, 3.05) is 11.4 Å². The molecule has 1 aliphatic rings. The van der Waals surface area contributed by atoms with Crippen LogP contribution in [0.2, 0.25) is 0 Å². The van der Waals surface area contributed by atoms with Crippen molar-refractivity contribution in [1.29, 1.82) is 0 Å². The lowest BCUT2D eigenvalue weighted by molar-refractivity contribution is 0.923. The summed E-state index contributed by atoms with van der Waals surface area (Å²) < 4.78 is 0. The number of hydrogen-bond acceptors (Lipinski definition) is 3. The standard InChI is InChI=1S/C18H16N3/c1-2-6-15-13-16(8-7-14(15)5-1)17-9-10-19-18(20-17)21-11-3-4-12-21/h1-2,5-11,13H,3-4,12H2. The fourth-order valence-corrected chi connectivity index (χ4v) is 2.78. The molecule has 1 fully saturated rings. The van der Waals surface area contributed by atoms with E-state index in [9.17, 15) is 0 Å². The van der Waals surface area contributed by atoms with E-state index in [-0.39, 0.29) is 0 Å². The smallest absolute Gasteiger partial charge is 0.226 e. The van der Waals surface area contributed by atoms with Crippen molar-refractivity contribution < 1.29 is 0 Å². The van der Waals surface area contributed by atoms with Crippen LogP contribution in [0.1, 0.15) is 12.8 Å². The zero-order chi connectivity index (χ0) is 14.1. The van der Waals surface area contributed by atoms with Gasteiger partial charge in [0.15, 0.2) is 0 Å². The second-order valence-electron chi connectivity index (χ2n) is 5.32. The Morgan fingerprint density at radius 3 is 2.71 bits per heavy atom. The van der Waals surface area contributed by atoms with E-state index in [2.05, 4.69) is 58.9 Å². The molecule has 2 heterocycles. The first kappa shape index (κ1) is 12.3. The minimum absolute atomic E-state index is 0.804. The summed E-state index contributed by atoms with van der Waals surface area (Å²) in [7, 11) is 0. The molecule has 0 bridgehead atoms. The van der Waals surface area contributed by atoms with Crippen LogP contribution in [0, 0.1) is 6.54 Å². The molecule has 0 spiro atoms. The average Bonchev–Trinajstić information content (AvgIpc) is 3.09. The van der Waals surface area contributed by atoms with Crippen molar-refractivity contribution in [3.63, 3.8) is 0 Å². The minimum Gasteiger partial charge on any atom is -0.336 e. The monoisotopic (exact) mass is 274 g/mol. The van der Waals surface area contributed by atoms with Crippen molar-refractivity contribution in [3.8, 4) is 11.3 Å². The fourth-order valence-electron chi connectivity index (χ4n) is 2.78. The van der Waals surface area contributed by atoms with Gasteiger partial charge in [-0.25, -0.2) is 9.97 Å². The Kier molecular flexibility index (Phi) is 3.03. The van der Waals surface area contributed by atoms with Gasteiger partial charge in [0, 0.05) is 18.3 Å². The van der Waals surface area contributed by atoms with Gasteiger partial charge in [-0.1, -0.05) is 36.4 Å². The van der Waals surface area contributed by atoms with Gasteiger partial charge >= 0.3 is 0 Å². The fraction of sp³-hybridized carbons (Fsp3) is 0.167. The largest absolute Gasteiger partial charge is 0.336 e. The predicted octanol–water partition coefficient (Wildman–Crippen LogP) is 4.06. The third kappa shape index (κ3) is 2.35. The van der Waals surface area contributed by atoms with Crippen molar-refractivity contribution in [3.05, 3.63) is 61.3 Å². The predicted molar refractivity (Wildman–Crippen MR) is 85.9 cm³/mol. The second-order valence-corrected chi connectivity index (χ2v) is 5.32. The number of fused-ring (bicyclic) bond motifs is 1. The quantitative estimate of drug-likeness (QED) is 0.705. The molecule has 0 N–H and O–H groups in total. The molecule has 3 nitrogen and oxygen atoms in total. The number of anilines is 1. The van der Waals surface area contributed by atoms with Gasteiger partial charge in [-0.15, -0.1) is 0 Å². The molecule has 0 amide bonds. The van der Waals surface area contributed by atoms with Crippen LogP contribution in [0.25, 0.3) is 22.0 Å². The van der Waals surface area contributed by atoms with Crippen molar-refractivity contribution >= 4 is 16.7 Å². The summed E-state index contributed by atoms with van der Waals surface area (Å²) in [6, 6.07) is 16.8. The molecular weight excluding hydrogens is 258 g/mol. The third-order valence-electron chi connectivity index (χ3n) is 3.90. The van der Waals surface area contributed by atoms with E-state index in [0.29, 0.717) is 0 Å². The summed E-state index contributed by atoms with van der Waals surface area (Å²) in [5.74, 6) is 0.804. The van der Waals surface area contributed by atoms with Crippen molar-refractivity contribution in [2.45, 2.75) is 12.8 Å². The summed E-state index contributed by atoms with van der Waals surface area (Å²) in [4.78, 5) is 11.3. The van der Waals surface area contributed by atoms with Gasteiger partial charge in [0.1, 0.15) is 0 Å².